The molecule has 1 amide bonds. The molecule has 20 heavy (non-hydrogen) atoms. The molecule has 1 fully saturated rings. The van der Waals surface area contributed by atoms with Crippen LogP contribution in [0.2, 0.25) is 0 Å². The molecule has 1 aliphatic carbocycles. The molecule has 0 heterocycles. The van der Waals surface area contributed by atoms with E-state index in [-0.39, 0.29) is 5.91 Å². The van der Waals surface area contributed by atoms with E-state index in [1.165, 1.54) is 0 Å². The topological polar surface area (TPSA) is 49.6 Å². The normalized spacial score (nSPS) is 14.2. The van der Waals surface area contributed by atoms with Crippen molar-refractivity contribution in [3.8, 4) is 0 Å². The number of unbranched alkanes of at least 4 members (excludes halogenated alkanes) is 1. The number of nitrogens with two attached hydrogens (primary N) is 1. The summed E-state index contributed by atoms with van der Waals surface area (Å²) in [6.45, 7) is 3.01. The van der Waals surface area contributed by atoms with Gasteiger partial charge in [-0.25, -0.2) is 0 Å². The monoisotopic (exact) mass is 275 g/mol. The first-order valence-corrected chi connectivity index (χ1v) is 7.42. The fraction of sp³-hybridized carbons (Fsp3) is 0.562. The van der Waals surface area contributed by atoms with Gasteiger partial charge in [0.2, 0.25) is 0 Å². The van der Waals surface area contributed by atoms with E-state index in [2.05, 4.69) is 6.92 Å². The Morgan fingerprint density at radius 1 is 1.35 bits per heavy atom. The summed E-state index contributed by atoms with van der Waals surface area (Å²) >= 11 is 0. The SMILES string of the molecule is CCCCN(C(=O)c1ccc(N(C)C)c(N)c1)C1CC1. The highest BCUT2D eigenvalue weighted by molar-refractivity contribution is 5.96. The molecule has 1 saturated carbocycles. The second kappa shape index (κ2) is 6.16. The van der Waals surface area contributed by atoms with Crippen LogP contribution in [-0.4, -0.2) is 37.5 Å². The molecule has 0 spiro atoms. The van der Waals surface area contributed by atoms with Crippen LogP contribution in [0.25, 0.3) is 0 Å². The lowest BCUT2D eigenvalue weighted by atomic mass is 10.1. The molecule has 4 nitrogen and oxygen atoms in total. The lowest BCUT2D eigenvalue weighted by Crippen LogP contribution is -2.34. The fourth-order valence-corrected chi connectivity index (χ4v) is 2.43. The number of rotatable bonds is 6. The van der Waals surface area contributed by atoms with Crippen LogP contribution in [0.15, 0.2) is 18.2 Å². The van der Waals surface area contributed by atoms with Crippen molar-refractivity contribution in [2.45, 2.75) is 38.6 Å². The van der Waals surface area contributed by atoms with Crippen molar-refractivity contribution < 1.29 is 4.79 Å². The molecule has 110 valence electrons. The van der Waals surface area contributed by atoms with E-state index in [0.717, 1.165) is 37.9 Å². The van der Waals surface area contributed by atoms with Crippen LogP contribution >= 0.6 is 0 Å². The third-order valence-electron chi connectivity index (χ3n) is 3.76. The molecule has 2 N–H and O–H groups in total. The maximum atomic E-state index is 12.6. The Balaban J connectivity index is 2.16. The van der Waals surface area contributed by atoms with E-state index in [9.17, 15) is 4.79 Å². The van der Waals surface area contributed by atoms with Gasteiger partial charge in [-0.05, 0) is 37.5 Å². The van der Waals surface area contributed by atoms with E-state index in [4.69, 9.17) is 5.73 Å². The van der Waals surface area contributed by atoms with Crippen molar-refractivity contribution in [2.75, 3.05) is 31.3 Å². The van der Waals surface area contributed by atoms with E-state index < -0.39 is 0 Å². The van der Waals surface area contributed by atoms with Crippen molar-refractivity contribution in [1.29, 1.82) is 0 Å². The van der Waals surface area contributed by atoms with E-state index >= 15 is 0 Å². The highest BCUT2D eigenvalue weighted by Crippen LogP contribution is 2.30. The maximum Gasteiger partial charge on any atom is 0.254 e. The van der Waals surface area contributed by atoms with Crippen molar-refractivity contribution in [3.05, 3.63) is 23.8 Å². The van der Waals surface area contributed by atoms with Crippen molar-refractivity contribution in [1.82, 2.24) is 4.90 Å². The maximum absolute atomic E-state index is 12.6. The molecule has 1 aromatic rings. The van der Waals surface area contributed by atoms with Crippen LogP contribution < -0.4 is 10.6 Å². The minimum atomic E-state index is 0.123. The summed E-state index contributed by atoms with van der Waals surface area (Å²) in [6.07, 6.45) is 4.45. The quantitative estimate of drug-likeness (QED) is 0.812. The second-order valence-corrected chi connectivity index (χ2v) is 5.75. The Hall–Kier alpha value is -1.71. The molecule has 0 radical (unpaired) electrons. The summed E-state index contributed by atoms with van der Waals surface area (Å²) in [7, 11) is 3.90. The number of amides is 1. The van der Waals surface area contributed by atoms with Gasteiger partial charge in [-0.1, -0.05) is 13.3 Å². The number of carbonyl (C=O) groups excluding carboxylic acids is 1. The third-order valence-corrected chi connectivity index (χ3v) is 3.76. The average Bonchev–Trinajstić information content (AvgIpc) is 3.23. The van der Waals surface area contributed by atoms with Crippen LogP contribution in [-0.2, 0) is 0 Å². The smallest absolute Gasteiger partial charge is 0.254 e. The molecular formula is C16H25N3O. The van der Waals surface area contributed by atoms with Gasteiger partial charge in [-0.15, -0.1) is 0 Å². The van der Waals surface area contributed by atoms with Gasteiger partial charge in [0, 0.05) is 32.2 Å². The number of nitrogens with zero attached hydrogens (tertiary/aromatic N) is 2. The van der Waals surface area contributed by atoms with E-state index in [1.54, 1.807) is 6.07 Å². The molecule has 1 aromatic carbocycles. The Morgan fingerprint density at radius 2 is 2.05 bits per heavy atom. The largest absolute Gasteiger partial charge is 0.397 e. The molecule has 0 saturated heterocycles. The van der Waals surface area contributed by atoms with Gasteiger partial charge < -0.3 is 15.5 Å². The molecule has 0 unspecified atom stereocenters. The van der Waals surface area contributed by atoms with E-state index in [1.807, 2.05) is 36.0 Å². The summed E-state index contributed by atoms with van der Waals surface area (Å²) in [6, 6.07) is 6.06. The molecule has 0 aromatic heterocycles. The number of anilines is 2. The van der Waals surface area contributed by atoms with Crippen LogP contribution in [0.5, 0.6) is 0 Å². The van der Waals surface area contributed by atoms with Crippen molar-refractivity contribution in [3.63, 3.8) is 0 Å². The van der Waals surface area contributed by atoms with Crippen LogP contribution in [0, 0.1) is 0 Å². The molecule has 2 rings (SSSR count). The van der Waals surface area contributed by atoms with Gasteiger partial charge in [0.05, 0.1) is 11.4 Å². The highest BCUT2D eigenvalue weighted by Gasteiger charge is 2.32. The molecule has 4 heteroatoms. The van der Waals surface area contributed by atoms with Gasteiger partial charge >= 0.3 is 0 Å². The minimum absolute atomic E-state index is 0.123. The Kier molecular flexibility index (Phi) is 4.53. The Bertz CT molecular complexity index is 481. The van der Waals surface area contributed by atoms with Gasteiger partial charge in [-0.2, -0.15) is 0 Å². The van der Waals surface area contributed by atoms with E-state index in [0.29, 0.717) is 17.3 Å². The standard InChI is InChI=1S/C16H25N3O/c1-4-5-10-19(13-7-8-13)16(20)12-6-9-15(18(2)3)14(17)11-12/h6,9,11,13H,4-5,7-8,10,17H2,1-3H3. The molecule has 0 bridgehead atoms. The number of benzene rings is 1. The van der Waals surface area contributed by atoms with Gasteiger partial charge in [0.15, 0.2) is 0 Å². The summed E-state index contributed by atoms with van der Waals surface area (Å²) in [5.74, 6) is 0.123. The zero-order valence-corrected chi connectivity index (χ0v) is 12.7. The molecule has 1 aliphatic rings. The minimum Gasteiger partial charge on any atom is -0.397 e. The number of hydrogen-bond donors (Lipinski definition) is 1. The first kappa shape index (κ1) is 14.7. The first-order valence-electron chi connectivity index (χ1n) is 7.42. The van der Waals surface area contributed by atoms with Crippen molar-refractivity contribution >= 4 is 17.3 Å². The average molecular weight is 275 g/mol. The number of carbonyl (C=O) groups is 1. The third kappa shape index (κ3) is 3.24. The molecule has 0 atom stereocenters. The number of nitrogen functional groups attached to an aromatic ring is 1. The zero-order chi connectivity index (χ0) is 14.7. The summed E-state index contributed by atoms with van der Waals surface area (Å²) in [4.78, 5) is 16.6. The molecule has 0 aliphatic heterocycles. The van der Waals surface area contributed by atoms with Crippen molar-refractivity contribution in [2.24, 2.45) is 0 Å². The predicted octanol–water partition coefficient (Wildman–Crippen LogP) is 2.74. The summed E-state index contributed by atoms with van der Waals surface area (Å²) in [5, 5.41) is 0. The zero-order valence-electron chi connectivity index (χ0n) is 12.7. The molecular weight excluding hydrogens is 250 g/mol. The van der Waals surface area contributed by atoms with Gasteiger partial charge in [0.1, 0.15) is 0 Å². The lowest BCUT2D eigenvalue weighted by Gasteiger charge is -2.23. The highest BCUT2D eigenvalue weighted by atomic mass is 16.2. The predicted molar refractivity (Wildman–Crippen MR) is 84.1 cm³/mol. The first-order chi connectivity index (χ1) is 9.54. The fourth-order valence-electron chi connectivity index (χ4n) is 2.43. The van der Waals surface area contributed by atoms with Crippen LogP contribution in [0.1, 0.15) is 43.0 Å². The van der Waals surface area contributed by atoms with Crippen LogP contribution in [0.4, 0.5) is 11.4 Å². The Morgan fingerprint density at radius 3 is 2.55 bits per heavy atom. The lowest BCUT2D eigenvalue weighted by molar-refractivity contribution is 0.0741. The summed E-state index contributed by atoms with van der Waals surface area (Å²) < 4.78 is 0. The number of hydrogen-bond acceptors (Lipinski definition) is 3. The van der Waals surface area contributed by atoms with Crippen LogP contribution in [0.3, 0.4) is 0 Å². The summed E-state index contributed by atoms with van der Waals surface area (Å²) in [5.41, 5.74) is 8.36. The van der Waals surface area contributed by atoms with Gasteiger partial charge in [-0.3, -0.25) is 4.79 Å². The van der Waals surface area contributed by atoms with Gasteiger partial charge in [0.25, 0.3) is 5.91 Å². The second-order valence-electron chi connectivity index (χ2n) is 5.75. The Labute approximate surface area is 121 Å².